The minimum absolute atomic E-state index is 0.0348. The zero-order valence-electron chi connectivity index (χ0n) is 11.3. The zero-order chi connectivity index (χ0) is 13.9. The Kier molecular flexibility index (Phi) is 3.56. The fourth-order valence-electron chi connectivity index (χ4n) is 2.00. The molecule has 2 atom stereocenters. The van der Waals surface area contributed by atoms with Gasteiger partial charge in [0.05, 0.1) is 0 Å². The van der Waals surface area contributed by atoms with Gasteiger partial charge in [0.25, 0.3) is 0 Å². The molecule has 2 N–H and O–H groups in total. The molecule has 2 heterocycles. The number of fused-ring (bicyclic) bond motifs is 1. The zero-order valence-corrected chi connectivity index (χ0v) is 11.3. The highest BCUT2D eigenvalue weighted by Crippen LogP contribution is 2.35. The molecule has 0 amide bonds. The second kappa shape index (κ2) is 5.50. The minimum atomic E-state index is -0.347. The van der Waals surface area contributed by atoms with Gasteiger partial charge in [0.2, 0.25) is 11.7 Å². The van der Waals surface area contributed by atoms with Gasteiger partial charge in [0.15, 0.2) is 17.6 Å². The normalized spacial score (nSPS) is 18.8. The highest BCUT2D eigenvalue weighted by Gasteiger charge is 2.26. The Labute approximate surface area is 116 Å². The molecule has 3 rings (SSSR count). The van der Waals surface area contributed by atoms with E-state index in [4.69, 9.17) is 19.7 Å². The molecule has 0 saturated carbocycles. The molecule has 106 valence electrons. The summed E-state index contributed by atoms with van der Waals surface area (Å²) < 4.78 is 16.7. The van der Waals surface area contributed by atoms with Crippen molar-refractivity contribution in [3.05, 3.63) is 36.0 Å². The number of hydrogen-bond donors (Lipinski definition) is 1. The maximum absolute atomic E-state index is 5.87. The van der Waals surface area contributed by atoms with Crippen LogP contribution in [0.1, 0.15) is 31.2 Å². The predicted octanol–water partition coefficient (Wildman–Crippen LogP) is 1.86. The summed E-state index contributed by atoms with van der Waals surface area (Å²) in [5, 5.41) is 3.95. The molecular formula is C14H17N3O3. The quantitative estimate of drug-likeness (QED) is 0.917. The van der Waals surface area contributed by atoms with Crippen molar-refractivity contribution in [2.45, 2.75) is 31.9 Å². The van der Waals surface area contributed by atoms with Crippen LogP contribution in [0.25, 0.3) is 0 Å². The molecule has 0 spiro atoms. The van der Waals surface area contributed by atoms with Crippen molar-refractivity contribution in [1.82, 2.24) is 10.1 Å². The van der Waals surface area contributed by atoms with E-state index in [-0.39, 0.29) is 12.1 Å². The van der Waals surface area contributed by atoms with E-state index in [1.54, 1.807) is 0 Å². The minimum Gasteiger partial charge on any atom is -0.485 e. The van der Waals surface area contributed by atoms with Gasteiger partial charge in [-0.1, -0.05) is 24.2 Å². The average molecular weight is 275 g/mol. The maximum atomic E-state index is 5.87. The Hall–Kier alpha value is -2.08. The van der Waals surface area contributed by atoms with Crippen LogP contribution < -0.4 is 15.2 Å². The highest BCUT2D eigenvalue weighted by molar-refractivity contribution is 5.40. The standard InChI is InChI=1S/C14H17N3O3/c1-2-9(15)7-13-16-14(17-20-13)12-8-18-10-5-3-4-6-11(10)19-12/h3-6,9,12H,2,7-8,15H2,1H3. The van der Waals surface area contributed by atoms with Crippen molar-refractivity contribution in [3.63, 3.8) is 0 Å². The summed E-state index contributed by atoms with van der Waals surface area (Å²) >= 11 is 0. The molecule has 0 aliphatic carbocycles. The van der Waals surface area contributed by atoms with Gasteiger partial charge in [0.1, 0.15) is 6.61 Å². The fraction of sp³-hybridized carbons (Fsp3) is 0.429. The Morgan fingerprint density at radius 1 is 1.35 bits per heavy atom. The number of rotatable bonds is 4. The molecule has 0 saturated heterocycles. The van der Waals surface area contributed by atoms with Crippen molar-refractivity contribution < 1.29 is 14.0 Å². The van der Waals surface area contributed by atoms with Crippen LogP contribution in [-0.4, -0.2) is 22.8 Å². The average Bonchev–Trinajstić information content (AvgIpc) is 2.95. The van der Waals surface area contributed by atoms with Gasteiger partial charge in [-0.2, -0.15) is 4.98 Å². The lowest BCUT2D eigenvalue weighted by molar-refractivity contribution is 0.0832. The van der Waals surface area contributed by atoms with E-state index >= 15 is 0 Å². The summed E-state index contributed by atoms with van der Waals surface area (Å²) in [6.45, 7) is 2.40. The summed E-state index contributed by atoms with van der Waals surface area (Å²) in [5.74, 6) is 2.47. The second-order valence-corrected chi connectivity index (χ2v) is 4.78. The van der Waals surface area contributed by atoms with E-state index in [9.17, 15) is 0 Å². The van der Waals surface area contributed by atoms with Gasteiger partial charge in [-0.15, -0.1) is 0 Å². The molecule has 0 fully saturated rings. The van der Waals surface area contributed by atoms with E-state index in [1.807, 2.05) is 31.2 Å². The summed E-state index contributed by atoms with van der Waals surface area (Å²) in [4.78, 5) is 4.33. The molecule has 1 aromatic carbocycles. The first kappa shape index (κ1) is 12.9. The number of ether oxygens (including phenoxy) is 2. The topological polar surface area (TPSA) is 83.4 Å². The van der Waals surface area contributed by atoms with Crippen molar-refractivity contribution in [1.29, 1.82) is 0 Å². The van der Waals surface area contributed by atoms with Crippen molar-refractivity contribution >= 4 is 0 Å². The summed E-state index contributed by atoms with van der Waals surface area (Å²) in [5.41, 5.74) is 5.87. The van der Waals surface area contributed by atoms with Crippen molar-refractivity contribution in [2.24, 2.45) is 5.73 Å². The predicted molar refractivity (Wildman–Crippen MR) is 71.6 cm³/mol. The smallest absolute Gasteiger partial charge is 0.228 e. The molecule has 20 heavy (non-hydrogen) atoms. The van der Waals surface area contributed by atoms with E-state index in [1.165, 1.54) is 0 Å². The highest BCUT2D eigenvalue weighted by atomic mass is 16.6. The maximum Gasteiger partial charge on any atom is 0.228 e. The number of nitrogens with two attached hydrogens (primary N) is 1. The Bertz CT molecular complexity index is 585. The first-order valence-electron chi connectivity index (χ1n) is 6.72. The van der Waals surface area contributed by atoms with Crippen LogP contribution in [0.3, 0.4) is 0 Å². The summed E-state index contributed by atoms with van der Waals surface area (Å²) in [6.07, 6.45) is 1.10. The SMILES string of the molecule is CCC(N)Cc1nc(C2COc3ccccc3O2)no1. The van der Waals surface area contributed by atoms with Gasteiger partial charge in [0, 0.05) is 12.5 Å². The first-order valence-corrected chi connectivity index (χ1v) is 6.72. The summed E-state index contributed by atoms with van der Waals surface area (Å²) in [6, 6.07) is 7.56. The monoisotopic (exact) mass is 275 g/mol. The molecule has 6 nitrogen and oxygen atoms in total. The van der Waals surface area contributed by atoms with Crippen LogP contribution in [0.15, 0.2) is 28.8 Å². The van der Waals surface area contributed by atoms with Crippen LogP contribution in [0, 0.1) is 0 Å². The van der Waals surface area contributed by atoms with Crippen molar-refractivity contribution in [3.8, 4) is 11.5 Å². The van der Waals surface area contributed by atoms with E-state index in [2.05, 4.69) is 10.1 Å². The van der Waals surface area contributed by atoms with Gasteiger partial charge in [-0.05, 0) is 18.6 Å². The van der Waals surface area contributed by atoms with Crippen LogP contribution in [0.5, 0.6) is 11.5 Å². The molecule has 2 unspecified atom stereocenters. The molecule has 6 heteroatoms. The lowest BCUT2D eigenvalue weighted by Crippen LogP contribution is -2.23. The molecular weight excluding hydrogens is 258 g/mol. The second-order valence-electron chi connectivity index (χ2n) is 4.78. The van der Waals surface area contributed by atoms with Crippen LogP contribution in [0.2, 0.25) is 0 Å². The first-order chi connectivity index (χ1) is 9.76. The van der Waals surface area contributed by atoms with Gasteiger partial charge >= 0.3 is 0 Å². The lowest BCUT2D eigenvalue weighted by atomic mass is 10.2. The Balaban J connectivity index is 1.72. The van der Waals surface area contributed by atoms with Gasteiger partial charge in [-0.25, -0.2) is 0 Å². The molecule has 0 bridgehead atoms. The fourth-order valence-corrected chi connectivity index (χ4v) is 2.00. The number of aromatic nitrogens is 2. The van der Waals surface area contributed by atoms with Crippen LogP contribution in [0.4, 0.5) is 0 Å². The molecule has 1 aliphatic rings. The number of nitrogens with zero attached hydrogens (tertiary/aromatic N) is 2. The Morgan fingerprint density at radius 3 is 2.95 bits per heavy atom. The van der Waals surface area contributed by atoms with Crippen LogP contribution >= 0.6 is 0 Å². The van der Waals surface area contributed by atoms with Crippen LogP contribution in [-0.2, 0) is 6.42 Å². The number of hydrogen-bond acceptors (Lipinski definition) is 6. The third-order valence-corrected chi connectivity index (χ3v) is 3.24. The molecule has 2 aromatic rings. The molecule has 1 aromatic heterocycles. The lowest BCUT2D eigenvalue weighted by Gasteiger charge is -2.24. The van der Waals surface area contributed by atoms with Gasteiger partial charge in [-0.3, -0.25) is 0 Å². The van der Waals surface area contributed by atoms with E-state index < -0.39 is 0 Å². The number of benzene rings is 1. The third kappa shape index (κ3) is 2.60. The van der Waals surface area contributed by atoms with Crippen molar-refractivity contribution in [2.75, 3.05) is 6.61 Å². The largest absolute Gasteiger partial charge is 0.485 e. The molecule has 0 radical (unpaired) electrons. The number of para-hydroxylation sites is 2. The summed E-state index contributed by atoms with van der Waals surface area (Å²) in [7, 11) is 0. The van der Waals surface area contributed by atoms with Gasteiger partial charge < -0.3 is 19.7 Å². The molecule has 1 aliphatic heterocycles. The van der Waals surface area contributed by atoms with E-state index in [0.717, 1.165) is 12.2 Å². The Morgan fingerprint density at radius 2 is 2.15 bits per heavy atom. The van der Waals surface area contributed by atoms with E-state index in [0.29, 0.717) is 30.5 Å². The third-order valence-electron chi connectivity index (χ3n) is 3.24.